The lowest BCUT2D eigenvalue weighted by Crippen LogP contribution is -2.23. The summed E-state index contributed by atoms with van der Waals surface area (Å²) in [6, 6.07) is 11.8. The number of amides is 1. The predicted octanol–water partition coefficient (Wildman–Crippen LogP) is 2.79. The van der Waals surface area contributed by atoms with Crippen LogP contribution < -0.4 is 19.5 Å². The highest BCUT2D eigenvalue weighted by molar-refractivity contribution is 7.92. The van der Waals surface area contributed by atoms with E-state index in [1.807, 2.05) is 32.0 Å². The van der Waals surface area contributed by atoms with E-state index in [1.54, 1.807) is 18.2 Å². The van der Waals surface area contributed by atoms with E-state index in [9.17, 15) is 13.2 Å². The number of nitrogens with one attached hydrogen (secondary N) is 2. The Hall–Kier alpha value is -2.74. The highest BCUT2D eigenvalue weighted by Gasteiger charge is 2.10. The molecular weight excluding hydrogens is 368 g/mol. The molecule has 2 rings (SSSR count). The molecule has 2 N–H and O–H groups in total. The first-order valence-electron chi connectivity index (χ1n) is 8.57. The van der Waals surface area contributed by atoms with E-state index >= 15 is 0 Å². The molecule has 0 spiro atoms. The van der Waals surface area contributed by atoms with Crippen LogP contribution in [-0.2, 0) is 16.6 Å². The van der Waals surface area contributed by atoms with E-state index < -0.39 is 10.0 Å². The summed E-state index contributed by atoms with van der Waals surface area (Å²) >= 11 is 0. The number of anilines is 1. The first kappa shape index (κ1) is 20.6. The van der Waals surface area contributed by atoms with Gasteiger partial charge in [0.2, 0.25) is 10.0 Å². The molecule has 2 aromatic rings. The first-order chi connectivity index (χ1) is 12.8. The van der Waals surface area contributed by atoms with Gasteiger partial charge in [0.25, 0.3) is 5.91 Å². The largest absolute Gasteiger partial charge is 0.490 e. The fourth-order valence-electron chi connectivity index (χ4n) is 2.43. The molecule has 0 fully saturated rings. The minimum absolute atomic E-state index is 0.301. The number of carbonyl (C=O) groups excluding carboxylic acids is 1. The van der Waals surface area contributed by atoms with Crippen molar-refractivity contribution < 1.29 is 22.7 Å². The molecule has 0 aliphatic carbocycles. The van der Waals surface area contributed by atoms with Crippen LogP contribution in [-0.4, -0.2) is 33.8 Å². The maximum atomic E-state index is 12.4. The lowest BCUT2D eigenvalue weighted by atomic mass is 10.1. The van der Waals surface area contributed by atoms with E-state index in [1.165, 1.54) is 6.07 Å². The number of ether oxygens (including phenoxy) is 2. The van der Waals surface area contributed by atoms with Crippen molar-refractivity contribution >= 4 is 21.6 Å². The monoisotopic (exact) mass is 392 g/mol. The fourth-order valence-corrected chi connectivity index (χ4v) is 2.98. The van der Waals surface area contributed by atoms with E-state index in [2.05, 4.69) is 10.0 Å². The zero-order valence-corrected chi connectivity index (χ0v) is 16.4. The van der Waals surface area contributed by atoms with Crippen molar-refractivity contribution in [3.8, 4) is 11.5 Å². The highest BCUT2D eigenvalue weighted by atomic mass is 32.2. The van der Waals surface area contributed by atoms with Crippen molar-refractivity contribution in [3.05, 3.63) is 53.6 Å². The van der Waals surface area contributed by atoms with Crippen molar-refractivity contribution in [2.75, 3.05) is 24.2 Å². The Morgan fingerprint density at radius 3 is 2.37 bits per heavy atom. The van der Waals surface area contributed by atoms with E-state index in [4.69, 9.17) is 9.47 Å². The van der Waals surface area contributed by atoms with Gasteiger partial charge in [0.1, 0.15) is 0 Å². The molecule has 0 heterocycles. The number of carbonyl (C=O) groups is 1. The average molecular weight is 392 g/mol. The van der Waals surface area contributed by atoms with Crippen LogP contribution in [0.15, 0.2) is 42.5 Å². The summed E-state index contributed by atoms with van der Waals surface area (Å²) in [5, 5.41) is 2.81. The molecule has 27 heavy (non-hydrogen) atoms. The van der Waals surface area contributed by atoms with Gasteiger partial charge < -0.3 is 14.8 Å². The second-order valence-corrected chi connectivity index (χ2v) is 7.53. The molecule has 0 aromatic heterocycles. The third-order valence-corrected chi connectivity index (χ3v) is 4.10. The molecule has 0 saturated heterocycles. The Morgan fingerprint density at radius 2 is 1.70 bits per heavy atom. The molecule has 0 aliphatic rings. The van der Waals surface area contributed by atoms with Gasteiger partial charge in [0.05, 0.1) is 19.5 Å². The lowest BCUT2D eigenvalue weighted by Gasteiger charge is -2.13. The first-order valence-corrected chi connectivity index (χ1v) is 10.5. The van der Waals surface area contributed by atoms with E-state index in [0.717, 1.165) is 11.8 Å². The Labute approximate surface area is 159 Å². The molecule has 7 nitrogen and oxygen atoms in total. The normalized spacial score (nSPS) is 10.9. The molecule has 0 aliphatic heterocycles. The van der Waals surface area contributed by atoms with Crippen molar-refractivity contribution in [3.63, 3.8) is 0 Å². The molecule has 146 valence electrons. The fraction of sp³-hybridized carbons (Fsp3) is 0.316. The van der Waals surface area contributed by atoms with Crippen molar-refractivity contribution in [1.82, 2.24) is 5.32 Å². The second-order valence-electron chi connectivity index (χ2n) is 5.78. The van der Waals surface area contributed by atoms with Gasteiger partial charge in [0, 0.05) is 17.8 Å². The molecule has 0 radical (unpaired) electrons. The number of hydrogen-bond donors (Lipinski definition) is 2. The third kappa shape index (κ3) is 6.49. The number of hydrogen-bond acceptors (Lipinski definition) is 5. The van der Waals surface area contributed by atoms with E-state index in [-0.39, 0.29) is 5.91 Å². The smallest absolute Gasteiger partial charge is 0.251 e. The van der Waals surface area contributed by atoms with Crippen LogP contribution in [0.4, 0.5) is 5.69 Å². The molecule has 0 bridgehead atoms. The van der Waals surface area contributed by atoms with E-state index in [0.29, 0.717) is 42.5 Å². The van der Waals surface area contributed by atoms with Gasteiger partial charge in [-0.25, -0.2) is 8.42 Å². The van der Waals surface area contributed by atoms with Gasteiger partial charge in [-0.05, 0) is 49.7 Å². The van der Waals surface area contributed by atoms with Gasteiger partial charge in [0.15, 0.2) is 11.5 Å². The zero-order chi connectivity index (χ0) is 19.9. The Bertz CT molecular complexity index is 897. The Kier molecular flexibility index (Phi) is 7.06. The Balaban J connectivity index is 2.07. The van der Waals surface area contributed by atoms with Crippen LogP contribution in [0, 0.1) is 0 Å². The molecule has 0 saturated carbocycles. The van der Waals surface area contributed by atoms with Crippen molar-refractivity contribution in [2.45, 2.75) is 20.4 Å². The summed E-state index contributed by atoms with van der Waals surface area (Å²) in [5.74, 6) is 0.985. The summed E-state index contributed by atoms with van der Waals surface area (Å²) in [4.78, 5) is 12.4. The van der Waals surface area contributed by atoms with Crippen LogP contribution >= 0.6 is 0 Å². The van der Waals surface area contributed by atoms with Gasteiger partial charge in [-0.2, -0.15) is 0 Å². The second kappa shape index (κ2) is 9.27. The highest BCUT2D eigenvalue weighted by Crippen LogP contribution is 2.28. The number of rotatable bonds is 9. The molecular formula is C19H24N2O5S. The molecule has 0 atom stereocenters. The van der Waals surface area contributed by atoms with Crippen LogP contribution in [0.1, 0.15) is 29.8 Å². The summed E-state index contributed by atoms with van der Waals surface area (Å²) in [6.07, 6.45) is 1.06. The number of benzene rings is 2. The summed E-state index contributed by atoms with van der Waals surface area (Å²) < 4.78 is 36.1. The Morgan fingerprint density at radius 1 is 1.00 bits per heavy atom. The molecule has 8 heteroatoms. The zero-order valence-electron chi connectivity index (χ0n) is 15.6. The summed E-state index contributed by atoms with van der Waals surface area (Å²) in [5.41, 5.74) is 1.56. The number of sulfonamides is 1. The topological polar surface area (TPSA) is 93.7 Å². The quantitative estimate of drug-likeness (QED) is 0.684. The standard InChI is InChI=1S/C19H24N2O5S/c1-4-25-17-10-9-14(11-18(17)26-5-2)13-20-19(22)15-7-6-8-16(12-15)21-27(3,23)24/h6-12,21H,4-5,13H2,1-3H3,(H,20,22). The molecule has 1 amide bonds. The average Bonchev–Trinajstić information content (AvgIpc) is 2.61. The maximum Gasteiger partial charge on any atom is 0.251 e. The minimum atomic E-state index is -3.40. The summed E-state index contributed by atoms with van der Waals surface area (Å²) in [7, 11) is -3.40. The maximum absolute atomic E-state index is 12.4. The van der Waals surface area contributed by atoms with Crippen molar-refractivity contribution in [2.24, 2.45) is 0 Å². The van der Waals surface area contributed by atoms with Crippen molar-refractivity contribution in [1.29, 1.82) is 0 Å². The van der Waals surface area contributed by atoms with Gasteiger partial charge in [-0.3, -0.25) is 9.52 Å². The van der Waals surface area contributed by atoms with Crippen LogP contribution in [0.2, 0.25) is 0 Å². The van der Waals surface area contributed by atoms with Crippen LogP contribution in [0.25, 0.3) is 0 Å². The van der Waals surface area contributed by atoms with Crippen LogP contribution in [0.3, 0.4) is 0 Å². The van der Waals surface area contributed by atoms with Gasteiger partial charge >= 0.3 is 0 Å². The third-order valence-electron chi connectivity index (χ3n) is 3.49. The van der Waals surface area contributed by atoms with Gasteiger partial charge in [-0.1, -0.05) is 12.1 Å². The lowest BCUT2D eigenvalue weighted by molar-refractivity contribution is 0.0951. The van der Waals surface area contributed by atoms with Gasteiger partial charge in [-0.15, -0.1) is 0 Å². The molecule has 0 unspecified atom stereocenters. The SMILES string of the molecule is CCOc1ccc(CNC(=O)c2cccc(NS(C)(=O)=O)c2)cc1OCC. The predicted molar refractivity (Wildman–Crippen MR) is 105 cm³/mol. The molecule has 2 aromatic carbocycles. The minimum Gasteiger partial charge on any atom is -0.490 e. The van der Waals surface area contributed by atoms with Crippen LogP contribution in [0.5, 0.6) is 11.5 Å². The summed E-state index contributed by atoms with van der Waals surface area (Å²) in [6.45, 7) is 5.14.